The molecule has 1 aromatic carbocycles. The maximum absolute atomic E-state index is 12.6. The first-order valence-electron chi connectivity index (χ1n) is 6.80. The van der Waals surface area contributed by atoms with Crippen LogP contribution in [-0.4, -0.2) is 37.1 Å². The summed E-state index contributed by atoms with van der Waals surface area (Å²) in [6, 6.07) is 7.43. The van der Waals surface area contributed by atoms with Gasteiger partial charge >= 0.3 is 0 Å². The molecular formula is C15H24N2O2. The van der Waals surface area contributed by atoms with Crippen LogP contribution in [0.4, 0.5) is 5.69 Å². The van der Waals surface area contributed by atoms with Gasteiger partial charge < -0.3 is 15.4 Å². The van der Waals surface area contributed by atoms with E-state index in [-0.39, 0.29) is 11.9 Å². The average Bonchev–Trinajstić information content (AvgIpc) is 2.43. The van der Waals surface area contributed by atoms with Gasteiger partial charge in [-0.3, -0.25) is 4.79 Å². The van der Waals surface area contributed by atoms with Gasteiger partial charge in [0, 0.05) is 25.4 Å². The molecule has 1 rings (SSSR count). The predicted octanol–water partition coefficient (Wildman–Crippen LogP) is 2.55. The van der Waals surface area contributed by atoms with Gasteiger partial charge in [-0.2, -0.15) is 0 Å². The van der Waals surface area contributed by atoms with Crippen LogP contribution in [0.5, 0.6) is 0 Å². The Kier molecular flexibility index (Phi) is 6.36. The summed E-state index contributed by atoms with van der Waals surface area (Å²) < 4.78 is 5.10. The Hall–Kier alpha value is -1.55. The second kappa shape index (κ2) is 7.79. The van der Waals surface area contributed by atoms with Crippen LogP contribution in [0.1, 0.15) is 37.0 Å². The molecule has 0 fully saturated rings. The van der Waals surface area contributed by atoms with Crippen LogP contribution in [0.2, 0.25) is 0 Å². The number of hydrogen-bond acceptors (Lipinski definition) is 3. The van der Waals surface area contributed by atoms with E-state index in [9.17, 15) is 4.79 Å². The number of carbonyl (C=O) groups excluding carboxylic acids is 1. The third-order valence-electron chi connectivity index (χ3n) is 3.37. The molecule has 0 aliphatic rings. The van der Waals surface area contributed by atoms with Crippen molar-refractivity contribution in [3.63, 3.8) is 0 Å². The number of carbonyl (C=O) groups is 1. The zero-order valence-electron chi connectivity index (χ0n) is 12.1. The molecule has 19 heavy (non-hydrogen) atoms. The van der Waals surface area contributed by atoms with E-state index in [4.69, 9.17) is 10.5 Å². The van der Waals surface area contributed by atoms with E-state index < -0.39 is 0 Å². The molecule has 0 bridgehead atoms. The van der Waals surface area contributed by atoms with Gasteiger partial charge in [0.25, 0.3) is 5.91 Å². The lowest BCUT2D eigenvalue weighted by molar-refractivity contribution is 0.0590. The number of para-hydroxylation sites is 1. The number of methoxy groups -OCH3 is 1. The molecule has 2 N–H and O–H groups in total. The Morgan fingerprint density at radius 3 is 2.47 bits per heavy atom. The summed E-state index contributed by atoms with van der Waals surface area (Å²) in [5.74, 6) is -0.0103. The van der Waals surface area contributed by atoms with Crippen molar-refractivity contribution in [2.24, 2.45) is 0 Å². The third-order valence-corrected chi connectivity index (χ3v) is 3.37. The molecule has 1 aromatic rings. The molecule has 0 heterocycles. The van der Waals surface area contributed by atoms with Crippen molar-refractivity contribution in [3.8, 4) is 0 Å². The van der Waals surface area contributed by atoms with Crippen LogP contribution >= 0.6 is 0 Å². The maximum Gasteiger partial charge on any atom is 0.256 e. The quantitative estimate of drug-likeness (QED) is 0.770. The smallest absolute Gasteiger partial charge is 0.256 e. The van der Waals surface area contributed by atoms with E-state index in [0.29, 0.717) is 24.4 Å². The highest BCUT2D eigenvalue weighted by Crippen LogP contribution is 2.17. The van der Waals surface area contributed by atoms with E-state index in [1.54, 1.807) is 19.2 Å². The van der Waals surface area contributed by atoms with Crippen molar-refractivity contribution < 1.29 is 9.53 Å². The number of nitrogens with two attached hydrogens (primary N) is 1. The molecule has 4 nitrogen and oxygen atoms in total. The minimum atomic E-state index is -0.0103. The highest BCUT2D eigenvalue weighted by molar-refractivity contribution is 5.99. The highest BCUT2D eigenvalue weighted by Gasteiger charge is 2.23. The molecule has 0 saturated heterocycles. The normalized spacial score (nSPS) is 10.7. The fourth-order valence-corrected chi connectivity index (χ4v) is 2.22. The molecule has 0 atom stereocenters. The SMILES string of the molecule is CCC(CC)N(CCOC)C(=O)c1ccccc1N. The summed E-state index contributed by atoms with van der Waals surface area (Å²) in [5, 5.41) is 0. The highest BCUT2D eigenvalue weighted by atomic mass is 16.5. The molecule has 0 radical (unpaired) electrons. The van der Waals surface area contributed by atoms with E-state index >= 15 is 0 Å². The van der Waals surface area contributed by atoms with Crippen LogP contribution in [0.15, 0.2) is 24.3 Å². The van der Waals surface area contributed by atoms with Crippen LogP contribution in [0.3, 0.4) is 0 Å². The summed E-state index contributed by atoms with van der Waals surface area (Å²) in [5.41, 5.74) is 7.00. The largest absolute Gasteiger partial charge is 0.398 e. The second-order valence-electron chi connectivity index (χ2n) is 4.55. The van der Waals surface area contributed by atoms with Crippen LogP contribution in [0.25, 0.3) is 0 Å². The molecular weight excluding hydrogens is 240 g/mol. The third kappa shape index (κ3) is 3.96. The fraction of sp³-hybridized carbons (Fsp3) is 0.533. The first-order chi connectivity index (χ1) is 9.15. The molecule has 0 aromatic heterocycles. The van der Waals surface area contributed by atoms with Gasteiger partial charge in [0.1, 0.15) is 0 Å². The molecule has 0 unspecified atom stereocenters. The van der Waals surface area contributed by atoms with E-state index in [1.807, 2.05) is 17.0 Å². The van der Waals surface area contributed by atoms with Crippen LogP contribution in [-0.2, 0) is 4.74 Å². The lowest BCUT2D eigenvalue weighted by Crippen LogP contribution is -2.42. The monoisotopic (exact) mass is 264 g/mol. The second-order valence-corrected chi connectivity index (χ2v) is 4.55. The Morgan fingerprint density at radius 1 is 1.32 bits per heavy atom. The van der Waals surface area contributed by atoms with Crippen molar-refractivity contribution in [3.05, 3.63) is 29.8 Å². The van der Waals surface area contributed by atoms with Crippen molar-refractivity contribution in [1.82, 2.24) is 4.90 Å². The number of rotatable bonds is 7. The molecule has 106 valence electrons. The number of nitrogen functional groups attached to an aromatic ring is 1. The summed E-state index contributed by atoms with van der Waals surface area (Å²) in [7, 11) is 1.65. The molecule has 1 amide bonds. The number of anilines is 1. The van der Waals surface area contributed by atoms with Crippen molar-refractivity contribution >= 4 is 11.6 Å². The van der Waals surface area contributed by atoms with Crippen molar-refractivity contribution in [2.45, 2.75) is 32.7 Å². The van der Waals surface area contributed by atoms with Gasteiger partial charge in [0.05, 0.1) is 12.2 Å². The number of nitrogens with zero attached hydrogens (tertiary/aromatic N) is 1. The van der Waals surface area contributed by atoms with Gasteiger partial charge in [0.2, 0.25) is 0 Å². The summed E-state index contributed by atoms with van der Waals surface area (Å²) in [4.78, 5) is 14.5. The van der Waals surface area contributed by atoms with Gasteiger partial charge in [-0.05, 0) is 25.0 Å². The van der Waals surface area contributed by atoms with Gasteiger partial charge in [0.15, 0.2) is 0 Å². The van der Waals surface area contributed by atoms with Gasteiger partial charge in [-0.25, -0.2) is 0 Å². The lowest BCUT2D eigenvalue weighted by Gasteiger charge is -2.30. The Labute approximate surface area is 115 Å². The van der Waals surface area contributed by atoms with Crippen molar-refractivity contribution in [1.29, 1.82) is 0 Å². The van der Waals surface area contributed by atoms with Crippen LogP contribution in [0, 0.1) is 0 Å². The zero-order chi connectivity index (χ0) is 14.3. The molecule has 0 aliphatic heterocycles. The summed E-state index contributed by atoms with van der Waals surface area (Å²) >= 11 is 0. The van der Waals surface area contributed by atoms with Gasteiger partial charge in [-0.1, -0.05) is 26.0 Å². The Balaban J connectivity index is 2.96. The first kappa shape index (κ1) is 15.5. The van der Waals surface area contributed by atoms with E-state index in [2.05, 4.69) is 13.8 Å². The summed E-state index contributed by atoms with van der Waals surface area (Å²) in [6.07, 6.45) is 1.86. The minimum Gasteiger partial charge on any atom is -0.398 e. The van der Waals surface area contributed by atoms with Gasteiger partial charge in [-0.15, -0.1) is 0 Å². The number of amides is 1. The number of hydrogen-bond donors (Lipinski definition) is 1. The first-order valence-corrected chi connectivity index (χ1v) is 6.80. The van der Waals surface area contributed by atoms with E-state index in [0.717, 1.165) is 12.8 Å². The summed E-state index contributed by atoms with van der Waals surface area (Å²) in [6.45, 7) is 5.32. The molecule has 4 heteroatoms. The average molecular weight is 264 g/mol. The standard InChI is InChI=1S/C15H24N2O2/c1-4-12(5-2)17(10-11-19-3)15(18)13-8-6-7-9-14(13)16/h6-9,12H,4-5,10-11,16H2,1-3H3. The zero-order valence-corrected chi connectivity index (χ0v) is 12.1. The number of ether oxygens (including phenoxy) is 1. The maximum atomic E-state index is 12.6. The number of benzene rings is 1. The predicted molar refractivity (Wildman–Crippen MR) is 78.1 cm³/mol. The Bertz CT molecular complexity index is 403. The topological polar surface area (TPSA) is 55.6 Å². The Morgan fingerprint density at radius 2 is 1.95 bits per heavy atom. The fourth-order valence-electron chi connectivity index (χ4n) is 2.22. The van der Waals surface area contributed by atoms with Crippen molar-refractivity contribution in [2.75, 3.05) is 26.0 Å². The lowest BCUT2D eigenvalue weighted by atomic mass is 10.1. The molecule has 0 spiro atoms. The van der Waals surface area contributed by atoms with E-state index in [1.165, 1.54) is 0 Å². The minimum absolute atomic E-state index is 0.0103. The molecule has 0 saturated carbocycles. The molecule has 0 aliphatic carbocycles. The van der Waals surface area contributed by atoms with Crippen LogP contribution < -0.4 is 5.73 Å².